The number of hydrogen-bond acceptors (Lipinski definition) is 3. The van der Waals surface area contributed by atoms with Gasteiger partial charge in [0.2, 0.25) is 0 Å². The van der Waals surface area contributed by atoms with Gasteiger partial charge in [-0.1, -0.05) is 25.6 Å². The van der Waals surface area contributed by atoms with Crippen LogP contribution in [0.2, 0.25) is 19.6 Å². The minimum absolute atomic E-state index is 0.527. The highest BCUT2D eigenvalue weighted by atomic mass is 28.3. The molecule has 0 heterocycles. The molecule has 0 aromatic heterocycles. The zero-order valence-corrected chi connectivity index (χ0v) is 14.2. The first kappa shape index (κ1) is 16.6. The summed E-state index contributed by atoms with van der Waals surface area (Å²) >= 11 is 0. The molecule has 0 aliphatic rings. The maximum Gasteiger partial charge on any atom is 0.129 e. The third-order valence-corrected chi connectivity index (χ3v) is 3.52. The summed E-state index contributed by atoms with van der Waals surface area (Å²) in [5.74, 6) is 4.05. The van der Waals surface area contributed by atoms with Crippen LogP contribution in [-0.4, -0.2) is 27.9 Å². The lowest BCUT2D eigenvalue weighted by molar-refractivity contribution is 0.110. The predicted molar refractivity (Wildman–Crippen MR) is 87.8 cm³/mol. The first-order valence-electron chi connectivity index (χ1n) is 6.97. The SMILES string of the molecule is CCOCCOc1cc(N)cc(C#C[Si](C)(C)C)c1C. The fraction of sp³-hybridized carbons (Fsp3) is 0.500. The van der Waals surface area contributed by atoms with Crippen molar-refractivity contribution in [3.8, 4) is 17.2 Å². The summed E-state index contributed by atoms with van der Waals surface area (Å²) in [4.78, 5) is 0. The van der Waals surface area contributed by atoms with E-state index in [1.807, 2.05) is 26.0 Å². The summed E-state index contributed by atoms with van der Waals surface area (Å²) in [5, 5.41) is 0. The molecule has 0 radical (unpaired) electrons. The van der Waals surface area contributed by atoms with Crippen LogP contribution < -0.4 is 10.5 Å². The summed E-state index contributed by atoms with van der Waals surface area (Å²) in [5.41, 5.74) is 12.0. The van der Waals surface area contributed by atoms with Gasteiger partial charge in [-0.25, -0.2) is 0 Å². The van der Waals surface area contributed by atoms with Gasteiger partial charge in [-0.05, 0) is 19.9 Å². The van der Waals surface area contributed by atoms with E-state index in [1.165, 1.54) is 0 Å². The Labute approximate surface area is 123 Å². The van der Waals surface area contributed by atoms with Crippen molar-refractivity contribution in [1.29, 1.82) is 0 Å². The Morgan fingerprint density at radius 3 is 2.50 bits per heavy atom. The van der Waals surface area contributed by atoms with Gasteiger partial charge < -0.3 is 15.2 Å². The van der Waals surface area contributed by atoms with Crippen molar-refractivity contribution >= 4 is 13.8 Å². The van der Waals surface area contributed by atoms with Crippen LogP contribution in [0, 0.1) is 18.4 Å². The van der Waals surface area contributed by atoms with E-state index >= 15 is 0 Å². The maximum absolute atomic E-state index is 5.93. The second-order valence-electron chi connectivity index (χ2n) is 5.74. The lowest BCUT2D eigenvalue weighted by Gasteiger charge is -2.12. The summed E-state index contributed by atoms with van der Waals surface area (Å²) in [6.07, 6.45) is 0. The van der Waals surface area contributed by atoms with Crippen LogP contribution in [0.4, 0.5) is 5.69 Å². The fourth-order valence-corrected chi connectivity index (χ4v) is 2.11. The molecule has 4 heteroatoms. The van der Waals surface area contributed by atoms with Gasteiger partial charge in [-0.2, -0.15) is 0 Å². The molecular weight excluding hydrogens is 266 g/mol. The lowest BCUT2D eigenvalue weighted by Crippen LogP contribution is -2.16. The van der Waals surface area contributed by atoms with Gasteiger partial charge >= 0.3 is 0 Å². The molecule has 1 aromatic rings. The van der Waals surface area contributed by atoms with E-state index in [0.717, 1.165) is 16.9 Å². The molecule has 2 N–H and O–H groups in total. The first-order valence-corrected chi connectivity index (χ1v) is 10.5. The Balaban J connectivity index is 2.91. The van der Waals surface area contributed by atoms with Crippen LogP contribution in [-0.2, 0) is 4.74 Å². The number of rotatable bonds is 5. The minimum atomic E-state index is -1.40. The maximum atomic E-state index is 5.93. The van der Waals surface area contributed by atoms with E-state index < -0.39 is 8.07 Å². The average molecular weight is 291 g/mol. The molecule has 20 heavy (non-hydrogen) atoms. The molecule has 0 saturated heterocycles. The topological polar surface area (TPSA) is 44.5 Å². The normalized spacial score (nSPS) is 10.8. The van der Waals surface area contributed by atoms with E-state index in [9.17, 15) is 0 Å². The smallest absolute Gasteiger partial charge is 0.129 e. The highest BCUT2D eigenvalue weighted by Gasteiger charge is 2.10. The first-order chi connectivity index (χ1) is 9.33. The van der Waals surface area contributed by atoms with Crippen molar-refractivity contribution in [3.05, 3.63) is 23.3 Å². The van der Waals surface area contributed by atoms with E-state index in [0.29, 0.717) is 25.5 Å². The van der Waals surface area contributed by atoms with Crippen LogP contribution in [0.15, 0.2) is 12.1 Å². The van der Waals surface area contributed by atoms with Gasteiger partial charge in [0.15, 0.2) is 0 Å². The standard InChI is InChI=1S/C16H25NO2Si/c1-6-18-8-9-19-16-12-15(17)11-14(13(16)2)7-10-20(3,4)5/h11-12H,6,8-9,17H2,1-5H3. The minimum Gasteiger partial charge on any atom is -0.491 e. The van der Waals surface area contributed by atoms with Crippen LogP contribution >= 0.6 is 0 Å². The molecule has 0 bridgehead atoms. The van der Waals surface area contributed by atoms with E-state index in [1.54, 1.807) is 0 Å². The van der Waals surface area contributed by atoms with Crippen LogP contribution in [0.25, 0.3) is 0 Å². The van der Waals surface area contributed by atoms with Gasteiger partial charge in [0.05, 0.1) is 6.61 Å². The quantitative estimate of drug-likeness (QED) is 0.392. The lowest BCUT2D eigenvalue weighted by atomic mass is 10.1. The Morgan fingerprint density at radius 1 is 1.20 bits per heavy atom. The molecule has 0 spiro atoms. The van der Waals surface area contributed by atoms with Crippen molar-refractivity contribution in [2.24, 2.45) is 0 Å². The highest BCUT2D eigenvalue weighted by Crippen LogP contribution is 2.25. The Hall–Kier alpha value is -1.44. The van der Waals surface area contributed by atoms with E-state index in [-0.39, 0.29) is 0 Å². The van der Waals surface area contributed by atoms with E-state index in [4.69, 9.17) is 15.2 Å². The number of ether oxygens (including phenoxy) is 2. The molecule has 0 saturated carbocycles. The molecule has 0 amide bonds. The van der Waals surface area contributed by atoms with Gasteiger partial charge in [0, 0.05) is 29.5 Å². The molecule has 0 unspecified atom stereocenters. The molecular formula is C16H25NO2Si. The molecule has 3 nitrogen and oxygen atoms in total. The van der Waals surface area contributed by atoms with Gasteiger partial charge in [0.25, 0.3) is 0 Å². The number of anilines is 1. The van der Waals surface area contributed by atoms with Crippen LogP contribution in [0.1, 0.15) is 18.1 Å². The second kappa shape index (κ2) is 7.37. The zero-order chi connectivity index (χ0) is 15.2. The second-order valence-corrected chi connectivity index (χ2v) is 10.5. The number of nitrogen functional groups attached to an aromatic ring is 1. The van der Waals surface area contributed by atoms with Crippen molar-refractivity contribution < 1.29 is 9.47 Å². The average Bonchev–Trinajstić information content (AvgIpc) is 2.35. The third kappa shape index (κ3) is 5.68. The fourth-order valence-electron chi connectivity index (χ4n) is 1.60. The monoisotopic (exact) mass is 291 g/mol. The molecule has 0 atom stereocenters. The van der Waals surface area contributed by atoms with Crippen molar-refractivity contribution in [2.75, 3.05) is 25.6 Å². The van der Waals surface area contributed by atoms with Crippen LogP contribution in [0.3, 0.4) is 0 Å². The van der Waals surface area contributed by atoms with Crippen LogP contribution in [0.5, 0.6) is 5.75 Å². The molecule has 0 aliphatic carbocycles. The number of benzene rings is 1. The summed E-state index contributed by atoms with van der Waals surface area (Å²) < 4.78 is 11.0. The summed E-state index contributed by atoms with van der Waals surface area (Å²) in [6.45, 7) is 12.5. The molecule has 0 fully saturated rings. The largest absolute Gasteiger partial charge is 0.491 e. The summed E-state index contributed by atoms with van der Waals surface area (Å²) in [7, 11) is -1.40. The Bertz CT molecular complexity index is 510. The summed E-state index contributed by atoms with van der Waals surface area (Å²) in [6, 6.07) is 3.76. The number of nitrogens with two attached hydrogens (primary N) is 1. The van der Waals surface area contributed by atoms with E-state index in [2.05, 4.69) is 31.1 Å². The van der Waals surface area contributed by atoms with Crippen molar-refractivity contribution in [1.82, 2.24) is 0 Å². The van der Waals surface area contributed by atoms with Crippen molar-refractivity contribution in [3.63, 3.8) is 0 Å². The molecule has 110 valence electrons. The Morgan fingerprint density at radius 2 is 1.90 bits per heavy atom. The Kier molecular flexibility index (Phi) is 6.12. The van der Waals surface area contributed by atoms with Crippen molar-refractivity contribution in [2.45, 2.75) is 33.5 Å². The molecule has 0 aliphatic heterocycles. The van der Waals surface area contributed by atoms with Gasteiger partial charge in [-0.3, -0.25) is 0 Å². The predicted octanol–water partition coefficient (Wildman–Crippen LogP) is 3.22. The highest BCUT2D eigenvalue weighted by molar-refractivity contribution is 6.83. The zero-order valence-electron chi connectivity index (χ0n) is 13.2. The van der Waals surface area contributed by atoms with Gasteiger partial charge in [0.1, 0.15) is 20.4 Å². The van der Waals surface area contributed by atoms with Gasteiger partial charge in [-0.15, -0.1) is 5.54 Å². The molecule has 1 rings (SSSR count). The molecule has 1 aromatic carbocycles. The number of hydrogen-bond donors (Lipinski definition) is 1. The third-order valence-electron chi connectivity index (χ3n) is 2.64.